The van der Waals surface area contributed by atoms with Crippen molar-refractivity contribution < 1.29 is 19.4 Å². The zero-order chi connectivity index (χ0) is 12.8. The molecule has 0 spiro atoms. The highest BCUT2D eigenvalue weighted by molar-refractivity contribution is 7.99. The first-order valence-electron chi connectivity index (χ1n) is 5.02. The van der Waals surface area contributed by atoms with E-state index in [1.165, 1.54) is 18.7 Å². The van der Waals surface area contributed by atoms with Gasteiger partial charge in [-0.15, -0.1) is 11.8 Å². The minimum atomic E-state index is -0.850. The summed E-state index contributed by atoms with van der Waals surface area (Å²) in [6.07, 6.45) is 0. The van der Waals surface area contributed by atoms with E-state index in [-0.39, 0.29) is 11.5 Å². The molecule has 0 amide bonds. The number of thioether (sulfide) groups is 1. The number of carboxylic acid groups (broad SMARTS) is 1. The SMILES string of the molecule is COc1ccc(C(C)=O)cc1CSCC(=O)O. The van der Waals surface area contributed by atoms with Crippen LogP contribution >= 0.6 is 11.8 Å². The van der Waals surface area contributed by atoms with Crippen molar-refractivity contribution in [3.63, 3.8) is 0 Å². The van der Waals surface area contributed by atoms with Gasteiger partial charge in [-0.2, -0.15) is 0 Å². The molecule has 0 saturated carbocycles. The van der Waals surface area contributed by atoms with Crippen molar-refractivity contribution in [3.8, 4) is 5.75 Å². The highest BCUT2D eigenvalue weighted by Gasteiger charge is 2.08. The predicted octanol–water partition coefficient (Wildman–Crippen LogP) is 2.22. The molecule has 1 N–H and O–H groups in total. The van der Waals surface area contributed by atoms with Crippen molar-refractivity contribution in [2.45, 2.75) is 12.7 Å². The molecular formula is C12H14O4S. The van der Waals surface area contributed by atoms with Crippen LogP contribution < -0.4 is 4.74 Å². The summed E-state index contributed by atoms with van der Waals surface area (Å²) in [5.74, 6) is 0.353. The maximum atomic E-state index is 11.2. The molecule has 4 nitrogen and oxygen atoms in total. The van der Waals surface area contributed by atoms with Gasteiger partial charge in [0.15, 0.2) is 5.78 Å². The zero-order valence-electron chi connectivity index (χ0n) is 9.73. The Labute approximate surface area is 104 Å². The van der Waals surface area contributed by atoms with E-state index >= 15 is 0 Å². The van der Waals surface area contributed by atoms with Crippen LogP contribution in [0.4, 0.5) is 0 Å². The van der Waals surface area contributed by atoms with Crippen LogP contribution in [0.15, 0.2) is 18.2 Å². The van der Waals surface area contributed by atoms with Gasteiger partial charge in [-0.25, -0.2) is 0 Å². The Bertz CT molecular complexity index is 429. The molecular weight excluding hydrogens is 240 g/mol. The number of aliphatic carboxylic acids is 1. The van der Waals surface area contributed by atoms with Gasteiger partial charge in [0, 0.05) is 16.9 Å². The average Bonchev–Trinajstić information content (AvgIpc) is 2.28. The maximum absolute atomic E-state index is 11.2. The summed E-state index contributed by atoms with van der Waals surface area (Å²) in [5.41, 5.74) is 1.45. The number of rotatable bonds is 6. The molecule has 1 aromatic rings. The number of Topliss-reactive ketones (excluding diaryl/α,β-unsaturated/α-hetero) is 1. The first-order valence-corrected chi connectivity index (χ1v) is 6.17. The van der Waals surface area contributed by atoms with Crippen LogP contribution in [0.5, 0.6) is 5.75 Å². The summed E-state index contributed by atoms with van der Waals surface area (Å²) in [6, 6.07) is 5.18. The highest BCUT2D eigenvalue weighted by Crippen LogP contribution is 2.24. The van der Waals surface area contributed by atoms with E-state index in [0.29, 0.717) is 17.1 Å². The Balaban J connectivity index is 2.82. The van der Waals surface area contributed by atoms with Gasteiger partial charge in [0.05, 0.1) is 12.9 Å². The van der Waals surface area contributed by atoms with Gasteiger partial charge in [0.25, 0.3) is 0 Å². The van der Waals surface area contributed by atoms with E-state index in [1.54, 1.807) is 25.3 Å². The van der Waals surface area contributed by atoms with Crippen LogP contribution in [0.1, 0.15) is 22.8 Å². The van der Waals surface area contributed by atoms with Gasteiger partial charge >= 0.3 is 5.97 Å². The van der Waals surface area contributed by atoms with Crippen LogP contribution in [0.2, 0.25) is 0 Å². The van der Waals surface area contributed by atoms with E-state index < -0.39 is 5.97 Å². The Morgan fingerprint density at radius 1 is 1.41 bits per heavy atom. The number of carbonyl (C=O) groups is 2. The maximum Gasteiger partial charge on any atom is 0.313 e. The molecule has 5 heteroatoms. The second-order valence-corrected chi connectivity index (χ2v) is 4.45. The fourth-order valence-corrected chi connectivity index (χ4v) is 2.08. The number of carboxylic acids is 1. The Hall–Kier alpha value is -1.49. The van der Waals surface area contributed by atoms with Crippen LogP contribution in [0.3, 0.4) is 0 Å². The standard InChI is InChI=1S/C12H14O4S/c1-8(13)9-3-4-11(16-2)10(5-9)6-17-7-12(14)15/h3-5H,6-7H2,1-2H3,(H,14,15). The molecule has 0 bridgehead atoms. The van der Waals surface area contributed by atoms with E-state index in [2.05, 4.69) is 0 Å². The molecule has 1 rings (SSSR count). The Kier molecular flexibility index (Phi) is 5.03. The molecule has 17 heavy (non-hydrogen) atoms. The lowest BCUT2D eigenvalue weighted by Crippen LogP contribution is -2.00. The molecule has 92 valence electrons. The number of hydrogen-bond acceptors (Lipinski definition) is 4. The molecule has 0 aliphatic carbocycles. The molecule has 0 saturated heterocycles. The van der Waals surface area contributed by atoms with E-state index in [1.807, 2.05) is 0 Å². The third-order valence-electron chi connectivity index (χ3n) is 2.17. The topological polar surface area (TPSA) is 63.6 Å². The van der Waals surface area contributed by atoms with Gasteiger partial charge in [-0.05, 0) is 25.1 Å². The van der Waals surface area contributed by atoms with Crippen molar-refractivity contribution in [1.82, 2.24) is 0 Å². The fraction of sp³-hybridized carbons (Fsp3) is 0.333. The number of benzene rings is 1. The van der Waals surface area contributed by atoms with Gasteiger partial charge in [0.1, 0.15) is 5.75 Å². The summed E-state index contributed by atoms with van der Waals surface area (Å²) in [5, 5.41) is 8.55. The van der Waals surface area contributed by atoms with Gasteiger partial charge < -0.3 is 9.84 Å². The molecule has 0 unspecified atom stereocenters. The number of ketones is 1. The van der Waals surface area contributed by atoms with Crippen molar-refractivity contribution in [2.24, 2.45) is 0 Å². The summed E-state index contributed by atoms with van der Waals surface area (Å²) in [6.45, 7) is 1.50. The molecule has 0 aromatic heterocycles. The van der Waals surface area contributed by atoms with Gasteiger partial charge in [-0.1, -0.05) is 0 Å². The zero-order valence-corrected chi connectivity index (χ0v) is 10.5. The largest absolute Gasteiger partial charge is 0.496 e. The second-order valence-electron chi connectivity index (χ2n) is 3.47. The third-order valence-corrected chi connectivity index (χ3v) is 3.14. The van der Waals surface area contributed by atoms with Crippen molar-refractivity contribution >= 4 is 23.5 Å². The van der Waals surface area contributed by atoms with Crippen LogP contribution in [-0.2, 0) is 10.5 Å². The van der Waals surface area contributed by atoms with Crippen LogP contribution in [0.25, 0.3) is 0 Å². The van der Waals surface area contributed by atoms with E-state index in [0.717, 1.165) is 5.56 Å². The minimum absolute atomic E-state index is 0.0165. The fourth-order valence-electron chi connectivity index (χ4n) is 1.36. The van der Waals surface area contributed by atoms with Gasteiger partial charge in [-0.3, -0.25) is 9.59 Å². The third kappa shape index (κ3) is 4.11. The monoisotopic (exact) mass is 254 g/mol. The second kappa shape index (κ2) is 6.30. The summed E-state index contributed by atoms with van der Waals surface area (Å²) in [4.78, 5) is 21.7. The molecule has 1 aromatic carbocycles. The molecule has 0 aliphatic heterocycles. The highest BCUT2D eigenvalue weighted by atomic mass is 32.2. The quantitative estimate of drug-likeness (QED) is 0.788. The van der Waals surface area contributed by atoms with Crippen molar-refractivity contribution in [2.75, 3.05) is 12.9 Å². The molecule has 0 atom stereocenters. The van der Waals surface area contributed by atoms with E-state index in [4.69, 9.17) is 9.84 Å². The summed E-state index contributed by atoms with van der Waals surface area (Å²) in [7, 11) is 1.55. The molecule has 0 aliphatic rings. The Morgan fingerprint density at radius 2 is 2.12 bits per heavy atom. The minimum Gasteiger partial charge on any atom is -0.496 e. The van der Waals surface area contributed by atoms with E-state index in [9.17, 15) is 9.59 Å². The van der Waals surface area contributed by atoms with Crippen LogP contribution in [0, 0.1) is 0 Å². The smallest absolute Gasteiger partial charge is 0.313 e. The first kappa shape index (κ1) is 13.6. The molecule has 0 radical (unpaired) electrons. The summed E-state index contributed by atoms with van der Waals surface area (Å²) < 4.78 is 5.17. The predicted molar refractivity (Wildman–Crippen MR) is 66.8 cm³/mol. The number of hydrogen-bond donors (Lipinski definition) is 1. The first-order chi connectivity index (χ1) is 8.04. The number of methoxy groups -OCH3 is 1. The molecule has 0 fully saturated rings. The molecule has 0 heterocycles. The summed E-state index contributed by atoms with van der Waals surface area (Å²) >= 11 is 1.27. The average molecular weight is 254 g/mol. The number of ether oxygens (including phenoxy) is 1. The van der Waals surface area contributed by atoms with Crippen molar-refractivity contribution in [3.05, 3.63) is 29.3 Å². The van der Waals surface area contributed by atoms with Gasteiger partial charge in [0.2, 0.25) is 0 Å². The normalized spacial score (nSPS) is 10.0. The lowest BCUT2D eigenvalue weighted by molar-refractivity contribution is -0.133. The lowest BCUT2D eigenvalue weighted by atomic mass is 10.1. The van der Waals surface area contributed by atoms with Crippen LogP contribution in [-0.4, -0.2) is 29.7 Å². The Morgan fingerprint density at radius 3 is 2.65 bits per heavy atom. The lowest BCUT2D eigenvalue weighted by Gasteiger charge is -2.09. The number of carbonyl (C=O) groups excluding carboxylic acids is 1. The van der Waals surface area contributed by atoms with Crippen molar-refractivity contribution in [1.29, 1.82) is 0 Å².